The molecule has 0 amide bonds. The summed E-state index contributed by atoms with van der Waals surface area (Å²) in [6.45, 7) is 5.09. The van der Waals surface area contributed by atoms with Gasteiger partial charge in [-0.3, -0.25) is 4.68 Å². The summed E-state index contributed by atoms with van der Waals surface area (Å²) in [5, 5.41) is 11.1. The minimum atomic E-state index is 0.264. The van der Waals surface area contributed by atoms with Gasteiger partial charge in [-0.15, -0.1) is 11.3 Å². The summed E-state index contributed by atoms with van der Waals surface area (Å²) >= 11 is 1.70. The molecule has 5 heteroatoms. The second-order valence-electron chi connectivity index (χ2n) is 4.09. The zero-order valence-electron chi connectivity index (χ0n) is 10.5. The van der Waals surface area contributed by atoms with Crippen molar-refractivity contribution in [2.24, 2.45) is 7.05 Å². The number of aromatic nitrogens is 3. The summed E-state index contributed by atoms with van der Waals surface area (Å²) in [6.07, 6.45) is 2.86. The third-order valence-corrected chi connectivity index (χ3v) is 3.42. The van der Waals surface area contributed by atoms with Gasteiger partial charge in [-0.1, -0.05) is 6.92 Å². The molecule has 0 fully saturated rings. The molecule has 0 saturated heterocycles. The van der Waals surface area contributed by atoms with Crippen molar-refractivity contribution in [1.82, 2.24) is 20.1 Å². The quantitative estimate of drug-likeness (QED) is 0.883. The van der Waals surface area contributed by atoms with E-state index in [0.29, 0.717) is 0 Å². The van der Waals surface area contributed by atoms with Crippen LogP contribution in [0.25, 0.3) is 0 Å². The summed E-state index contributed by atoms with van der Waals surface area (Å²) in [5.74, 6) is 0. The molecule has 0 spiro atoms. The molecule has 0 aliphatic heterocycles. The largest absolute Gasteiger partial charge is 0.309 e. The Morgan fingerprint density at radius 3 is 2.88 bits per heavy atom. The van der Waals surface area contributed by atoms with Crippen LogP contribution in [-0.2, 0) is 13.5 Å². The molecule has 2 aromatic rings. The van der Waals surface area contributed by atoms with Gasteiger partial charge in [-0.2, -0.15) is 5.10 Å². The van der Waals surface area contributed by atoms with Crippen LogP contribution in [0.4, 0.5) is 0 Å². The first-order valence-corrected chi connectivity index (χ1v) is 6.71. The number of aryl methyl sites for hydroxylation is 2. The molecule has 92 valence electrons. The molecule has 0 aliphatic rings. The molecule has 17 heavy (non-hydrogen) atoms. The lowest BCUT2D eigenvalue weighted by Gasteiger charge is -2.14. The maximum absolute atomic E-state index is 4.55. The van der Waals surface area contributed by atoms with Crippen LogP contribution >= 0.6 is 11.3 Å². The number of likely N-dealkylation sites (N-methyl/N-ethyl adjacent to an activating group) is 1. The Balaban J connectivity index is 2.12. The van der Waals surface area contributed by atoms with Gasteiger partial charge in [0.2, 0.25) is 0 Å². The second kappa shape index (κ2) is 5.42. The van der Waals surface area contributed by atoms with E-state index in [9.17, 15) is 0 Å². The third-order valence-electron chi connectivity index (χ3n) is 2.63. The van der Waals surface area contributed by atoms with E-state index in [1.54, 1.807) is 11.3 Å². The molecule has 1 N–H and O–H groups in total. The number of hydrogen-bond donors (Lipinski definition) is 1. The molecule has 2 heterocycles. The first-order chi connectivity index (χ1) is 8.19. The number of nitrogens with zero attached hydrogens (tertiary/aromatic N) is 3. The number of thiazole rings is 1. The minimum absolute atomic E-state index is 0.264. The summed E-state index contributed by atoms with van der Waals surface area (Å²) in [6, 6.07) is 2.32. The van der Waals surface area contributed by atoms with Crippen LogP contribution in [0.1, 0.15) is 29.4 Å². The van der Waals surface area contributed by atoms with Crippen molar-refractivity contribution in [2.75, 3.05) is 6.54 Å². The molecule has 0 radical (unpaired) electrons. The molecule has 0 saturated carbocycles. The number of nitrogens with one attached hydrogen (secondary N) is 1. The van der Waals surface area contributed by atoms with Gasteiger partial charge in [0.25, 0.3) is 0 Å². The van der Waals surface area contributed by atoms with Gasteiger partial charge in [0.05, 0.1) is 22.4 Å². The second-order valence-corrected chi connectivity index (χ2v) is 5.15. The van der Waals surface area contributed by atoms with Gasteiger partial charge < -0.3 is 5.32 Å². The predicted molar refractivity (Wildman–Crippen MR) is 70.2 cm³/mol. The fourth-order valence-electron chi connectivity index (χ4n) is 1.85. The van der Waals surface area contributed by atoms with E-state index in [4.69, 9.17) is 0 Å². The topological polar surface area (TPSA) is 42.7 Å². The summed E-state index contributed by atoms with van der Waals surface area (Å²) in [7, 11) is 1.94. The lowest BCUT2D eigenvalue weighted by molar-refractivity contribution is 0.529. The van der Waals surface area contributed by atoms with Crippen molar-refractivity contribution >= 4 is 11.3 Å². The zero-order valence-corrected chi connectivity index (χ0v) is 11.3. The van der Waals surface area contributed by atoms with E-state index in [2.05, 4.69) is 33.8 Å². The van der Waals surface area contributed by atoms with Gasteiger partial charge >= 0.3 is 0 Å². The van der Waals surface area contributed by atoms with Crippen LogP contribution in [0, 0.1) is 6.92 Å². The van der Waals surface area contributed by atoms with Crippen LogP contribution in [0.5, 0.6) is 0 Å². The van der Waals surface area contributed by atoms with Crippen LogP contribution < -0.4 is 5.32 Å². The summed E-state index contributed by atoms with van der Waals surface area (Å²) in [4.78, 5) is 4.55. The number of rotatable bonds is 5. The van der Waals surface area contributed by atoms with Gasteiger partial charge in [-0.25, -0.2) is 4.98 Å². The lowest BCUT2D eigenvalue weighted by Crippen LogP contribution is -2.23. The maximum Gasteiger partial charge on any atom is 0.0898 e. The van der Waals surface area contributed by atoms with E-state index in [0.717, 1.165) is 29.4 Å². The Kier molecular flexibility index (Phi) is 3.91. The Labute approximate surface area is 106 Å². The van der Waals surface area contributed by atoms with Crippen molar-refractivity contribution < 1.29 is 0 Å². The van der Waals surface area contributed by atoms with Crippen LogP contribution in [0.3, 0.4) is 0 Å². The SMILES string of the molecule is CCNC(Cc1ccn(C)n1)c1csc(C)n1. The normalized spacial score (nSPS) is 12.9. The molecule has 0 aromatic carbocycles. The van der Waals surface area contributed by atoms with E-state index < -0.39 is 0 Å². The first-order valence-electron chi connectivity index (χ1n) is 5.83. The molecule has 1 atom stereocenters. The van der Waals surface area contributed by atoms with E-state index >= 15 is 0 Å². The fraction of sp³-hybridized carbons (Fsp3) is 0.500. The highest BCUT2D eigenvalue weighted by Gasteiger charge is 2.15. The minimum Gasteiger partial charge on any atom is -0.309 e. The van der Waals surface area contributed by atoms with Gasteiger partial charge in [0, 0.05) is 25.0 Å². The maximum atomic E-state index is 4.55. The van der Waals surface area contributed by atoms with Crippen molar-refractivity contribution in [1.29, 1.82) is 0 Å². The van der Waals surface area contributed by atoms with Crippen LogP contribution in [0.2, 0.25) is 0 Å². The highest BCUT2D eigenvalue weighted by atomic mass is 32.1. The monoisotopic (exact) mass is 250 g/mol. The summed E-state index contributed by atoms with van der Waals surface area (Å²) in [5.41, 5.74) is 2.23. The van der Waals surface area contributed by atoms with E-state index in [1.807, 2.05) is 24.9 Å². The van der Waals surface area contributed by atoms with Crippen LogP contribution in [0.15, 0.2) is 17.6 Å². The average Bonchev–Trinajstić information content (AvgIpc) is 2.87. The molecule has 4 nitrogen and oxygen atoms in total. The standard InChI is InChI=1S/C12H18N4S/c1-4-13-11(12-8-17-9(2)14-12)7-10-5-6-16(3)15-10/h5-6,8,11,13H,4,7H2,1-3H3. The highest BCUT2D eigenvalue weighted by molar-refractivity contribution is 7.09. The van der Waals surface area contributed by atoms with Gasteiger partial charge in [0.15, 0.2) is 0 Å². The van der Waals surface area contributed by atoms with Crippen molar-refractivity contribution in [3.63, 3.8) is 0 Å². The molecule has 1 unspecified atom stereocenters. The Morgan fingerprint density at radius 2 is 2.35 bits per heavy atom. The Hall–Kier alpha value is -1.20. The smallest absolute Gasteiger partial charge is 0.0898 e. The fourth-order valence-corrected chi connectivity index (χ4v) is 2.52. The van der Waals surface area contributed by atoms with Crippen molar-refractivity contribution in [2.45, 2.75) is 26.3 Å². The molecule has 2 aromatic heterocycles. The molecule has 0 aliphatic carbocycles. The van der Waals surface area contributed by atoms with E-state index in [-0.39, 0.29) is 6.04 Å². The Morgan fingerprint density at radius 1 is 1.53 bits per heavy atom. The van der Waals surface area contributed by atoms with Gasteiger partial charge in [-0.05, 0) is 19.5 Å². The predicted octanol–water partition coefficient (Wildman–Crippen LogP) is 2.08. The third kappa shape index (κ3) is 3.14. The first kappa shape index (κ1) is 12.3. The Bertz CT molecular complexity index is 474. The highest BCUT2D eigenvalue weighted by Crippen LogP contribution is 2.19. The number of hydrogen-bond acceptors (Lipinski definition) is 4. The average molecular weight is 250 g/mol. The lowest BCUT2D eigenvalue weighted by atomic mass is 10.1. The van der Waals surface area contributed by atoms with Crippen LogP contribution in [-0.4, -0.2) is 21.3 Å². The zero-order chi connectivity index (χ0) is 12.3. The van der Waals surface area contributed by atoms with Crippen molar-refractivity contribution in [3.05, 3.63) is 34.0 Å². The van der Waals surface area contributed by atoms with E-state index in [1.165, 1.54) is 0 Å². The van der Waals surface area contributed by atoms with Gasteiger partial charge in [0.1, 0.15) is 0 Å². The molecular formula is C12H18N4S. The molecular weight excluding hydrogens is 232 g/mol. The molecule has 0 bridgehead atoms. The van der Waals surface area contributed by atoms with Crippen molar-refractivity contribution in [3.8, 4) is 0 Å². The molecule has 2 rings (SSSR count). The summed E-state index contributed by atoms with van der Waals surface area (Å²) < 4.78 is 1.84.